The molecule has 1 heteroatoms. The van der Waals surface area contributed by atoms with E-state index in [1.165, 1.54) is 18.4 Å². The predicted molar refractivity (Wildman–Crippen MR) is 67.1 cm³/mol. The van der Waals surface area contributed by atoms with Gasteiger partial charge < -0.3 is 0 Å². The molecule has 0 unspecified atom stereocenters. The van der Waals surface area contributed by atoms with Gasteiger partial charge in [-0.15, -0.1) is 0 Å². The summed E-state index contributed by atoms with van der Waals surface area (Å²) in [6.07, 6.45) is 5.57. The Morgan fingerprint density at radius 2 is 2.12 bits per heavy atom. The fraction of sp³-hybridized carbons (Fsp3) is 0.667. The first-order valence-electron chi connectivity index (χ1n) is 6.32. The van der Waals surface area contributed by atoms with E-state index < -0.39 is 0 Å². The van der Waals surface area contributed by atoms with Crippen molar-refractivity contribution >= 4 is 5.78 Å². The van der Waals surface area contributed by atoms with Gasteiger partial charge in [0.15, 0.2) is 0 Å². The first-order chi connectivity index (χ1) is 7.46. The fourth-order valence-corrected chi connectivity index (χ4v) is 3.62. The monoisotopic (exact) mass is 218 g/mol. The predicted octanol–water partition coefficient (Wildman–Crippen LogP) is 3.90. The second kappa shape index (κ2) is 3.87. The highest BCUT2D eigenvalue weighted by atomic mass is 16.1. The minimum Gasteiger partial charge on any atom is -0.298 e. The lowest BCUT2D eigenvalue weighted by Crippen LogP contribution is -2.45. The van der Waals surface area contributed by atoms with Crippen molar-refractivity contribution in [3.8, 4) is 0 Å². The third-order valence-corrected chi connectivity index (χ3v) is 4.58. The van der Waals surface area contributed by atoms with Crippen molar-refractivity contribution in [3.63, 3.8) is 0 Å². The largest absolute Gasteiger partial charge is 0.298 e. The SMILES string of the molecule is C=C(C)[C@@H]1CC[C@@]2(C)CCCC(=C)[C@@H]2C1=O. The zero-order valence-electron chi connectivity index (χ0n) is 10.5. The van der Waals surface area contributed by atoms with E-state index in [1.807, 2.05) is 6.92 Å². The molecule has 0 saturated heterocycles. The van der Waals surface area contributed by atoms with Crippen LogP contribution in [-0.4, -0.2) is 5.78 Å². The Kier molecular flexibility index (Phi) is 2.81. The molecule has 0 N–H and O–H groups in total. The second-order valence-corrected chi connectivity index (χ2v) is 5.94. The Morgan fingerprint density at radius 3 is 2.75 bits per heavy atom. The summed E-state index contributed by atoms with van der Waals surface area (Å²) in [5.41, 5.74) is 2.40. The Hall–Kier alpha value is -0.850. The highest BCUT2D eigenvalue weighted by molar-refractivity contribution is 5.89. The summed E-state index contributed by atoms with van der Waals surface area (Å²) in [5, 5.41) is 0. The summed E-state index contributed by atoms with van der Waals surface area (Å²) in [4.78, 5) is 12.5. The van der Waals surface area contributed by atoms with E-state index in [0.717, 1.165) is 24.8 Å². The summed E-state index contributed by atoms with van der Waals surface area (Å²) < 4.78 is 0. The molecule has 88 valence electrons. The lowest BCUT2D eigenvalue weighted by Gasteiger charge is -2.47. The van der Waals surface area contributed by atoms with Crippen LogP contribution in [0.4, 0.5) is 0 Å². The van der Waals surface area contributed by atoms with E-state index in [0.29, 0.717) is 5.78 Å². The highest BCUT2D eigenvalue weighted by Gasteiger charge is 2.48. The molecule has 0 amide bonds. The van der Waals surface area contributed by atoms with Crippen LogP contribution < -0.4 is 0 Å². The maximum absolute atomic E-state index is 12.5. The van der Waals surface area contributed by atoms with E-state index in [4.69, 9.17) is 0 Å². The van der Waals surface area contributed by atoms with Gasteiger partial charge in [-0.2, -0.15) is 0 Å². The molecular formula is C15H22O. The smallest absolute Gasteiger partial charge is 0.147 e. The van der Waals surface area contributed by atoms with Crippen LogP contribution in [0.1, 0.15) is 46.0 Å². The van der Waals surface area contributed by atoms with Gasteiger partial charge in [-0.25, -0.2) is 0 Å². The molecule has 1 nitrogen and oxygen atoms in total. The van der Waals surface area contributed by atoms with Crippen molar-refractivity contribution in [3.05, 3.63) is 24.3 Å². The van der Waals surface area contributed by atoms with Crippen LogP contribution in [0.5, 0.6) is 0 Å². The number of fused-ring (bicyclic) bond motifs is 1. The third kappa shape index (κ3) is 1.66. The zero-order valence-corrected chi connectivity index (χ0v) is 10.5. The fourth-order valence-electron chi connectivity index (χ4n) is 3.62. The number of Topliss-reactive ketones (excluding diaryl/α,β-unsaturated/α-hetero) is 1. The van der Waals surface area contributed by atoms with Crippen molar-refractivity contribution in [1.82, 2.24) is 0 Å². The van der Waals surface area contributed by atoms with Crippen molar-refractivity contribution in [2.45, 2.75) is 46.0 Å². The number of rotatable bonds is 1. The molecule has 3 atom stereocenters. The Balaban J connectivity index is 2.31. The second-order valence-electron chi connectivity index (χ2n) is 5.94. The van der Waals surface area contributed by atoms with Crippen LogP contribution in [0.3, 0.4) is 0 Å². The topological polar surface area (TPSA) is 17.1 Å². The summed E-state index contributed by atoms with van der Waals surface area (Å²) in [5.74, 6) is 0.593. The van der Waals surface area contributed by atoms with Gasteiger partial charge in [0.2, 0.25) is 0 Å². The third-order valence-electron chi connectivity index (χ3n) is 4.58. The number of hydrogen-bond acceptors (Lipinski definition) is 1. The Morgan fingerprint density at radius 1 is 1.44 bits per heavy atom. The van der Waals surface area contributed by atoms with E-state index in [2.05, 4.69) is 20.1 Å². The average molecular weight is 218 g/mol. The summed E-state index contributed by atoms with van der Waals surface area (Å²) >= 11 is 0. The molecule has 2 fully saturated rings. The minimum absolute atomic E-state index is 0.0907. The maximum atomic E-state index is 12.5. The van der Waals surface area contributed by atoms with Crippen molar-refractivity contribution in [1.29, 1.82) is 0 Å². The molecular weight excluding hydrogens is 196 g/mol. The highest BCUT2D eigenvalue weighted by Crippen LogP contribution is 2.52. The standard InChI is InChI=1S/C15H22O/c1-10(2)12-7-9-15(4)8-5-6-11(3)13(15)14(12)16/h12-13H,1,3,5-9H2,2,4H3/t12-,13+,15+/m0/s1. The van der Waals surface area contributed by atoms with E-state index >= 15 is 0 Å². The molecule has 2 aliphatic rings. The summed E-state index contributed by atoms with van der Waals surface area (Å²) in [6.45, 7) is 12.4. The van der Waals surface area contributed by atoms with Gasteiger partial charge in [-0.3, -0.25) is 4.79 Å². The molecule has 0 spiro atoms. The number of carbonyl (C=O) groups excluding carboxylic acids is 1. The molecule has 0 aliphatic heterocycles. The minimum atomic E-state index is 0.0907. The molecule has 0 aromatic carbocycles. The van der Waals surface area contributed by atoms with Gasteiger partial charge in [0.1, 0.15) is 5.78 Å². The van der Waals surface area contributed by atoms with Crippen LogP contribution in [0.15, 0.2) is 24.3 Å². The number of hydrogen-bond donors (Lipinski definition) is 0. The quantitative estimate of drug-likeness (QED) is 0.610. The summed E-state index contributed by atoms with van der Waals surface area (Å²) in [7, 11) is 0. The number of allylic oxidation sites excluding steroid dienone is 2. The van der Waals surface area contributed by atoms with Crippen molar-refractivity contribution < 1.29 is 4.79 Å². The van der Waals surface area contributed by atoms with Crippen LogP contribution in [-0.2, 0) is 4.79 Å². The van der Waals surface area contributed by atoms with E-state index in [1.54, 1.807) is 0 Å². The first kappa shape index (κ1) is 11.6. The van der Waals surface area contributed by atoms with Crippen molar-refractivity contribution in [2.24, 2.45) is 17.3 Å². The first-order valence-corrected chi connectivity index (χ1v) is 6.32. The molecule has 2 aliphatic carbocycles. The van der Waals surface area contributed by atoms with Gasteiger partial charge in [0.05, 0.1) is 0 Å². The van der Waals surface area contributed by atoms with Gasteiger partial charge >= 0.3 is 0 Å². The van der Waals surface area contributed by atoms with Crippen LogP contribution in [0.2, 0.25) is 0 Å². The summed E-state index contributed by atoms with van der Waals surface area (Å²) in [6, 6.07) is 0. The van der Waals surface area contributed by atoms with Gasteiger partial charge in [0.25, 0.3) is 0 Å². The molecule has 0 aromatic heterocycles. The lowest BCUT2D eigenvalue weighted by atomic mass is 9.56. The zero-order chi connectivity index (χ0) is 11.9. The van der Waals surface area contributed by atoms with Gasteiger partial charge in [-0.05, 0) is 44.4 Å². The molecule has 0 bridgehead atoms. The van der Waals surface area contributed by atoms with Crippen molar-refractivity contribution in [2.75, 3.05) is 0 Å². The maximum Gasteiger partial charge on any atom is 0.147 e. The lowest BCUT2D eigenvalue weighted by molar-refractivity contribution is -0.133. The number of ketones is 1. The Labute approximate surface area is 98.6 Å². The van der Waals surface area contributed by atoms with Crippen LogP contribution in [0, 0.1) is 17.3 Å². The van der Waals surface area contributed by atoms with E-state index in [9.17, 15) is 4.79 Å². The molecule has 0 aromatic rings. The number of carbonyl (C=O) groups is 1. The van der Waals surface area contributed by atoms with Gasteiger partial charge in [-0.1, -0.05) is 31.2 Å². The Bertz CT molecular complexity index is 352. The molecule has 2 saturated carbocycles. The average Bonchev–Trinajstić information content (AvgIpc) is 2.16. The molecule has 0 radical (unpaired) electrons. The molecule has 16 heavy (non-hydrogen) atoms. The van der Waals surface area contributed by atoms with Crippen LogP contribution >= 0.6 is 0 Å². The van der Waals surface area contributed by atoms with Gasteiger partial charge in [0, 0.05) is 11.8 Å². The molecule has 0 heterocycles. The van der Waals surface area contributed by atoms with Crippen LogP contribution in [0.25, 0.3) is 0 Å². The normalized spacial score (nSPS) is 39.4. The van der Waals surface area contributed by atoms with E-state index in [-0.39, 0.29) is 17.3 Å². The molecule has 2 rings (SSSR count).